The Labute approximate surface area is 147 Å². The Morgan fingerprint density at radius 3 is 2.60 bits per heavy atom. The fourth-order valence-corrected chi connectivity index (χ4v) is 2.54. The van der Waals surface area contributed by atoms with Crippen molar-refractivity contribution < 1.29 is 9.84 Å². The Morgan fingerprint density at radius 1 is 1.04 bits per heavy atom. The lowest BCUT2D eigenvalue weighted by Crippen LogP contribution is -2.20. The number of hydrogen-bond donors (Lipinski definition) is 2. The Morgan fingerprint density at radius 2 is 1.84 bits per heavy atom. The van der Waals surface area contributed by atoms with Crippen molar-refractivity contribution >= 4 is 0 Å². The van der Waals surface area contributed by atoms with E-state index in [0.717, 1.165) is 22.5 Å². The molecular weight excluding hydrogens is 316 g/mol. The number of nitrogens with one attached hydrogen (secondary N) is 1. The standard InChI is InChI=1S/C19H22N4O2/c24-11-13-25-12-10-21-14-17-15-23(18-4-2-1-3-5-18)22-19(17)16-6-8-20-9-7-16/h1-9,15,21,24H,10-14H2. The average Bonchev–Trinajstić information content (AvgIpc) is 3.10. The number of para-hydroxylation sites is 1. The highest BCUT2D eigenvalue weighted by Gasteiger charge is 2.11. The second-order valence-electron chi connectivity index (χ2n) is 5.53. The zero-order chi connectivity index (χ0) is 17.3. The molecule has 0 saturated heterocycles. The van der Waals surface area contributed by atoms with Crippen LogP contribution in [0.3, 0.4) is 0 Å². The van der Waals surface area contributed by atoms with E-state index in [9.17, 15) is 0 Å². The number of rotatable bonds is 9. The molecule has 1 aromatic carbocycles. The van der Waals surface area contributed by atoms with Crippen LogP contribution in [0.15, 0.2) is 61.1 Å². The van der Waals surface area contributed by atoms with Gasteiger partial charge in [-0.2, -0.15) is 5.10 Å². The lowest BCUT2D eigenvalue weighted by atomic mass is 10.1. The summed E-state index contributed by atoms with van der Waals surface area (Å²) < 4.78 is 7.17. The predicted molar refractivity (Wildman–Crippen MR) is 96.4 cm³/mol. The fraction of sp³-hybridized carbons (Fsp3) is 0.263. The Hall–Kier alpha value is -2.54. The summed E-state index contributed by atoms with van der Waals surface area (Å²) in [5, 5.41) is 16.8. The first-order valence-electron chi connectivity index (χ1n) is 8.32. The maximum atomic E-state index is 8.71. The highest BCUT2D eigenvalue weighted by molar-refractivity contribution is 5.62. The van der Waals surface area contributed by atoms with Crippen LogP contribution >= 0.6 is 0 Å². The second kappa shape index (κ2) is 9.08. The molecule has 0 saturated carbocycles. The smallest absolute Gasteiger partial charge is 0.0973 e. The Bertz CT molecular complexity index is 760. The number of nitrogens with zero attached hydrogens (tertiary/aromatic N) is 3. The van der Waals surface area contributed by atoms with Gasteiger partial charge in [0.05, 0.1) is 31.2 Å². The van der Waals surface area contributed by atoms with Gasteiger partial charge in [0.1, 0.15) is 0 Å². The number of aromatic nitrogens is 3. The van der Waals surface area contributed by atoms with Gasteiger partial charge in [0.25, 0.3) is 0 Å². The monoisotopic (exact) mass is 338 g/mol. The molecule has 0 aliphatic rings. The molecule has 3 aromatic rings. The van der Waals surface area contributed by atoms with Gasteiger partial charge in [0, 0.05) is 42.8 Å². The molecule has 0 amide bonds. The van der Waals surface area contributed by atoms with E-state index in [0.29, 0.717) is 26.3 Å². The molecule has 2 heterocycles. The largest absolute Gasteiger partial charge is 0.394 e. The second-order valence-corrected chi connectivity index (χ2v) is 5.53. The van der Waals surface area contributed by atoms with E-state index >= 15 is 0 Å². The molecule has 0 spiro atoms. The van der Waals surface area contributed by atoms with Crippen molar-refractivity contribution in [1.82, 2.24) is 20.1 Å². The molecule has 0 atom stereocenters. The zero-order valence-electron chi connectivity index (χ0n) is 14.0. The number of benzene rings is 1. The van der Waals surface area contributed by atoms with Gasteiger partial charge < -0.3 is 15.2 Å². The van der Waals surface area contributed by atoms with E-state index in [1.54, 1.807) is 12.4 Å². The third-order valence-corrected chi connectivity index (χ3v) is 3.74. The fourth-order valence-electron chi connectivity index (χ4n) is 2.54. The van der Waals surface area contributed by atoms with Gasteiger partial charge >= 0.3 is 0 Å². The number of aliphatic hydroxyl groups is 1. The van der Waals surface area contributed by atoms with Crippen LogP contribution in [-0.4, -0.2) is 46.2 Å². The van der Waals surface area contributed by atoms with Crippen molar-refractivity contribution in [3.8, 4) is 16.9 Å². The SMILES string of the molecule is OCCOCCNCc1cn(-c2ccccc2)nc1-c1ccncc1. The van der Waals surface area contributed by atoms with Crippen LogP contribution in [0.4, 0.5) is 0 Å². The average molecular weight is 338 g/mol. The molecule has 25 heavy (non-hydrogen) atoms. The summed E-state index contributed by atoms with van der Waals surface area (Å²) in [6.45, 7) is 2.39. The molecule has 2 aromatic heterocycles. The van der Waals surface area contributed by atoms with Crippen molar-refractivity contribution in [2.45, 2.75) is 6.54 Å². The quantitative estimate of drug-likeness (QED) is 0.584. The van der Waals surface area contributed by atoms with Crippen LogP contribution in [-0.2, 0) is 11.3 Å². The van der Waals surface area contributed by atoms with Crippen LogP contribution in [0, 0.1) is 0 Å². The summed E-state index contributed by atoms with van der Waals surface area (Å²) in [7, 11) is 0. The minimum absolute atomic E-state index is 0.0516. The third-order valence-electron chi connectivity index (χ3n) is 3.74. The number of aliphatic hydroxyl groups excluding tert-OH is 1. The highest BCUT2D eigenvalue weighted by Crippen LogP contribution is 2.23. The predicted octanol–water partition coefficient (Wildman–Crippen LogP) is 2.03. The summed E-state index contributed by atoms with van der Waals surface area (Å²) in [4.78, 5) is 4.08. The number of pyridine rings is 1. The van der Waals surface area contributed by atoms with E-state index in [-0.39, 0.29) is 6.61 Å². The third kappa shape index (κ3) is 4.73. The minimum atomic E-state index is 0.0516. The van der Waals surface area contributed by atoms with Gasteiger partial charge in [-0.1, -0.05) is 18.2 Å². The van der Waals surface area contributed by atoms with Crippen LogP contribution in [0.5, 0.6) is 0 Å². The van der Waals surface area contributed by atoms with Crippen molar-refractivity contribution in [1.29, 1.82) is 0 Å². The Balaban J connectivity index is 1.76. The molecule has 0 aliphatic heterocycles. The van der Waals surface area contributed by atoms with E-state index < -0.39 is 0 Å². The highest BCUT2D eigenvalue weighted by atomic mass is 16.5. The van der Waals surface area contributed by atoms with E-state index in [4.69, 9.17) is 14.9 Å². The van der Waals surface area contributed by atoms with Crippen LogP contribution in [0.1, 0.15) is 5.56 Å². The summed E-state index contributed by atoms with van der Waals surface area (Å²) in [6.07, 6.45) is 5.60. The van der Waals surface area contributed by atoms with Gasteiger partial charge in [-0.25, -0.2) is 4.68 Å². The van der Waals surface area contributed by atoms with Crippen molar-refractivity contribution in [2.24, 2.45) is 0 Å². The van der Waals surface area contributed by atoms with E-state index in [1.165, 1.54) is 0 Å². The minimum Gasteiger partial charge on any atom is -0.394 e. The molecule has 0 fully saturated rings. The van der Waals surface area contributed by atoms with Crippen LogP contribution < -0.4 is 5.32 Å². The van der Waals surface area contributed by atoms with Crippen molar-refractivity contribution in [3.63, 3.8) is 0 Å². The van der Waals surface area contributed by atoms with Gasteiger partial charge in [-0.3, -0.25) is 4.98 Å². The first-order valence-corrected chi connectivity index (χ1v) is 8.32. The molecule has 130 valence electrons. The molecular formula is C19H22N4O2. The van der Waals surface area contributed by atoms with Gasteiger partial charge in [0.15, 0.2) is 0 Å². The molecule has 0 bridgehead atoms. The summed E-state index contributed by atoms with van der Waals surface area (Å²) in [5.74, 6) is 0. The van der Waals surface area contributed by atoms with Crippen molar-refractivity contribution in [3.05, 3.63) is 66.6 Å². The first-order chi connectivity index (χ1) is 12.4. The summed E-state index contributed by atoms with van der Waals surface area (Å²) >= 11 is 0. The topological polar surface area (TPSA) is 72.2 Å². The maximum absolute atomic E-state index is 8.71. The van der Waals surface area contributed by atoms with Crippen LogP contribution in [0.2, 0.25) is 0 Å². The molecule has 0 aliphatic carbocycles. The molecule has 3 rings (SSSR count). The molecule has 0 radical (unpaired) electrons. The lowest BCUT2D eigenvalue weighted by Gasteiger charge is -2.05. The van der Waals surface area contributed by atoms with Gasteiger partial charge in [0.2, 0.25) is 0 Å². The number of hydrogen-bond acceptors (Lipinski definition) is 5. The number of ether oxygens (including phenoxy) is 1. The van der Waals surface area contributed by atoms with Crippen LogP contribution in [0.25, 0.3) is 16.9 Å². The summed E-state index contributed by atoms with van der Waals surface area (Å²) in [5.41, 5.74) is 4.11. The first kappa shape index (κ1) is 17.3. The molecule has 6 nitrogen and oxygen atoms in total. The summed E-state index contributed by atoms with van der Waals surface area (Å²) in [6, 6.07) is 14.0. The Kier molecular flexibility index (Phi) is 6.28. The van der Waals surface area contributed by atoms with E-state index in [2.05, 4.69) is 10.3 Å². The van der Waals surface area contributed by atoms with E-state index in [1.807, 2.05) is 53.3 Å². The molecule has 6 heteroatoms. The maximum Gasteiger partial charge on any atom is 0.0973 e. The zero-order valence-corrected chi connectivity index (χ0v) is 14.0. The molecule has 0 unspecified atom stereocenters. The normalized spacial score (nSPS) is 10.9. The van der Waals surface area contributed by atoms with Gasteiger partial charge in [-0.05, 0) is 24.3 Å². The lowest BCUT2D eigenvalue weighted by molar-refractivity contribution is 0.0938. The molecule has 2 N–H and O–H groups in total. The van der Waals surface area contributed by atoms with Crippen molar-refractivity contribution in [2.75, 3.05) is 26.4 Å². The van der Waals surface area contributed by atoms with Gasteiger partial charge in [-0.15, -0.1) is 0 Å².